The first-order valence-corrected chi connectivity index (χ1v) is 5.60. The Morgan fingerprint density at radius 1 is 1.17 bits per heavy atom. The summed E-state index contributed by atoms with van der Waals surface area (Å²) in [5, 5.41) is 0. The van der Waals surface area contributed by atoms with E-state index in [0.717, 1.165) is 16.7 Å². The molecule has 1 atom stereocenters. The highest BCUT2D eigenvalue weighted by molar-refractivity contribution is 4.99. The molecule has 0 spiro atoms. The lowest BCUT2D eigenvalue weighted by Gasteiger charge is -2.56. The van der Waals surface area contributed by atoms with E-state index in [1.54, 1.807) is 0 Å². The van der Waals surface area contributed by atoms with Crippen LogP contribution in [0.1, 0.15) is 59.3 Å². The summed E-state index contributed by atoms with van der Waals surface area (Å²) in [6.07, 6.45) is 8.98. The van der Waals surface area contributed by atoms with Gasteiger partial charge in [-0.1, -0.05) is 27.2 Å². The van der Waals surface area contributed by atoms with Crippen molar-refractivity contribution in [1.29, 1.82) is 0 Å². The van der Waals surface area contributed by atoms with Gasteiger partial charge in [0.25, 0.3) is 0 Å². The van der Waals surface area contributed by atoms with E-state index in [-0.39, 0.29) is 0 Å². The van der Waals surface area contributed by atoms with Crippen LogP contribution in [0, 0.1) is 16.7 Å². The van der Waals surface area contributed by atoms with Gasteiger partial charge in [0, 0.05) is 0 Å². The van der Waals surface area contributed by atoms with Crippen molar-refractivity contribution in [1.82, 2.24) is 0 Å². The van der Waals surface area contributed by atoms with Crippen molar-refractivity contribution < 1.29 is 0 Å². The van der Waals surface area contributed by atoms with Crippen molar-refractivity contribution in [2.75, 3.05) is 0 Å². The first kappa shape index (κ1) is 8.59. The third kappa shape index (κ3) is 1.03. The lowest BCUT2D eigenvalue weighted by atomic mass is 9.50. The van der Waals surface area contributed by atoms with Crippen LogP contribution in [0.25, 0.3) is 0 Å². The largest absolute Gasteiger partial charge is 0.0649 e. The van der Waals surface area contributed by atoms with Crippen LogP contribution in [0.5, 0.6) is 0 Å². The van der Waals surface area contributed by atoms with E-state index in [4.69, 9.17) is 0 Å². The van der Waals surface area contributed by atoms with Crippen LogP contribution in [0.3, 0.4) is 0 Å². The lowest BCUT2D eigenvalue weighted by Crippen LogP contribution is -2.44. The average molecular weight is 166 g/mol. The fraction of sp³-hybridized carbons (Fsp3) is 1.00. The van der Waals surface area contributed by atoms with Crippen LogP contribution in [-0.4, -0.2) is 0 Å². The van der Waals surface area contributed by atoms with Gasteiger partial charge in [-0.15, -0.1) is 0 Å². The van der Waals surface area contributed by atoms with E-state index in [1.165, 1.54) is 38.5 Å². The molecule has 0 heteroatoms. The summed E-state index contributed by atoms with van der Waals surface area (Å²) >= 11 is 0. The quantitative estimate of drug-likeness (QED) is 0.552. The number of fused-ring (bicyclic) bond motifs is 3. The molecule has 0 aromatic heterocycles. The van der Waals surface area contributed by atoms with Gasteiger partial charge in [-0.25, -0.2) is 0 Å². The van der Waals surface area contributed by atoms with Crippen molar-refractivity contribution in [2.24, 2.45) is 16.7 Å². The fourth-order valence-electron chi connectivity index (χ4n) is 3.44. The predicted octanol–water partition coefficient (Wildman–Crippen LogP) is 4.00. The molecule has 0 amide bonds. The number of hydrogen-bond acceptors (Lipinski definition) is 0. The molecule has 1 unspecified atom stereocenters. The van der Waals surface area contributed by atoms with Gasteiger partial charge < -0.3 is 0 Å². The summed E-state index contributed by atoms with van der Waals surface area (Å²) in [5.74, 6) is 0.986. The summed E-state index contributed by atoms with van der Waals surface area (Å²) in [6.45, 7) is 7.37. The Morgan fingerprint density at radius 3 is 2.17 bits per heavy atom. The van der Waals surface area contributed by atoms with Crippen molar-refractivity contribution in [2.45, 2.75) is 59.3 Å². The van der Waals surface area contributed by atoms with Crippen LogP contribution in [0.4, 0.5) is 0 Å². The summed E-state index contributed by atoms with van der Waals surface area (Å²) in [7, 11) is 0. The summed E-state index contributed by atoms with van der Waals surface area (Å²) in [5.41, 5.74) is 1.49. The van der Waals surface area contributed by atoms with Gasteiger partial charge in [-0.3, -0.25) is 0 Å². The molecule has 0 nitrogen and oxygen atoms in total. The summed E-state index contributed by atoms with van der Waals surface area (Å²) in [4.78, 5) is 0. The van der Waals surface area contributed by atoms with Crippen molar-refractivity contribution >= 4 is 0 Å². The van der Waals surface area contributed by atoms with Gasteiger partial charge in [0.05, 0.1) is 0 Å². The maximum absolute atomic E-state index is 2.51. The Balaban J connectivity index is 2.19. The van der Waals surface area contributed by atoms with Gasteiger partial charge in [-0.2, -0.15) is 0 Å². The Kier molecular flexibility index (Phi) is 1.79. The van der Waals surface area contributed by atoms with E-state index < -0.39 is 0 Å². The Hall–Kier alpha value is 0. The molecule has 3 aliphatic carbocycles. The zero-order valence-electron chi connectivity index (χ0n) is 8.82. The standard InChI is InChI=1S/C12H22/c1-4-12-7-5-11(3,6-8-12)10(2)9-12/h10H,4-9H2,1-3H3. The third-order valence-corrected chi connectivity index (χ3v) is 5.13. The van der Waals surface area contributed by atoms with E-state index in [2.05, 4.69) is 20.8 Å². The normalized spacial score (nSPS) is 52.8. The molecule has 70 valence electrons. The lowest BCUT2D eigenvalue weighted by molar-refractivity contribution is -0.0477. The molecule has 3 rings (SSSR count). The third-order valence-electron chi connectivity index (χ3n) is 5.13. The van der Waals surface area contributed by atoms with Crippen molar-refractivity contribution in [3.05, 3.63) is 0 Å². The van der Waals surface area contributed by atoms with Crippen LogP contribution in [0.15, 0.2) is 0 Å². The van der Waals surface area contributed by atoms with Gasteiger partial charge in [-0.05, 0) is 48.9 Å². The van der Waals surface area contributed by atoms with Gasteiger partial charge in [0.2, 0.25) is 0 Å². The molecule has 0 N–H and O–H groups in total. The zero-order valence-corrected chi connectivity index (χ0v) is 8.82. The van der Waals surface area contributed by atoms with Crippen molar-refractivity contribution in [3.8, 4) is 0 Å². The van der Waals surface area contributed by atoms with E-state index in [9.17, 15) is 0 Å². The maximum Gasteiger partial charge on any atom is -0.0297 e. The first-order valence-electron chi connectivity index (χ1n) is 5.60. The SMILES string of the molecule is CCC12CCC(C)(CC1)C(C)C2. The average Bonchev–Trinajstić information content (AvgIpc) is 2.08. The molecule has 0 saturated heterocycles. The minimum Gasteiger partial charge on any atom is -0.0649 e. The molecule has 3 saturated carbocycles. The maximum atomic E-state index is 2.51. The fourth-order valence-corrected chi connectivity index (χ4v) is 3.44. The Labute approximate surface area is 76.7 Å². The van der Waals surface area contributed by atoms with Crippen LogP contribution < -0.4 is 0 Å². The van der Waals surface area contributed by atoms with Gasteiger partial charge >= 0.3 is 0 Å². The van der Waals surface area contributed by atoms with Crippen LogP contribution >= 0.6 is 0 Å². The zero-order chi connectivity index (χ0) is 8.82. The molecular formula is C12H22. The second-order valence-electron chi connectivity index (χ2n) is 5.61. The molecule has 0 heterocycles. The highest BCUT2D eigenvalue weighted by Gasteiger charge is 2.48. The van der Waals surface area contributed by atoms with E-state index in [0.29, 0.717) is 0 Å². The molecular weight excluding hydrogens is 144 g/mol. The van der Waals surface area contributed by atoms with Gasteiger partial charge in [0.1, 0.15) is 0 Å². The molecule has 3 fully saturated rings. The van der Waals surface area contributed by atoms with Gasteiger partial charge in [0.15, 0.2) is 0 Å². The predicted molar refractivity (Wildman–Crippen MR) is 53.1 cm³/mol. The first-order chi connectivity index (χ1) is 5.60. The smallest absolute Gasteiger partial charge is 0.0297 e. The van der Waals surface area contributed by atoms with E-state index in [1.807, 2.05) is 0 Å². The second kappa shape index (κ2) is 2.49. The monoisotopic (exact) mass is 166 g/mol. The highest BCUT2D eigenvalue weighted by atomic mass is 14.5. The minimum atomic E-state index is 0.719. The Morgan fingerprint density at radius 2 is 1.75 bits per heavy atom. The highest BCUT2D eigenvalue weighted by Crippen LogP contribution is 2.60. The molecule has 3 aliphatic rings. The molecule has 0 aliphatic heterocycles. The molecule has 0 aromatic carbocycles. The minimum absolute atomic E-state index is 0.719. The van der Waals surface area contributed by atoms with E-state index >= 15 is 0 Å². The number of hydrogen-bond donors (Lipinski definition) is 0. The van der Waals surface area contributed by atoms with Crippen molar-refractivity contribution in [3.63, 3.8) is 0 Å². The second-order valence-corrected chi connectivity index (χ2v) is 5.61. The summed E-state index contributed by atoms with van der Waals surface area (Å²) in [6, 6.07) is 0. The molecule has 2 bridgehead atoms. The summed E-state index contributed by atoms with van der Waals surface area (Å²) < 4.78 is 0. The topological polar surface area (TPSA) is 0 Å². The molecule has 0 aromatic rings. The molecule has 0 radical (unpaired) electrons. The number of rotatable bonds is 1. The Bertz CT molecular complexity index is 172. The molecule has 12 heavy (non-hydrogen) atoms. The van der Waals surface area contributed by atoms with Crippen LogP contribution in [-0.2, 0) is 0 Å². The van der Waals surface area contributed by atoms with Crippen LogP contribution in [0.2, 0.25) is 0 Å².